The van der Waals surface area contributed by atoms with Gasteiger partial charge in [0, 0.05) is 12.5 Å². The van der Waals surface area contributed by atoms with Gasteiger partial charge in [0.05, 0.1) is 19.3 Å². The maximum absolute atomic E-state index is 12.5. The Morgan fingerprint density at radius 2 is 2.11 bits per heavy atom. The van der Waals surface area contributed by atoms with Gasteiger partial charge < -0.3 is 20.1 Å². The van der Waals surface area contributed by atoms with Crippen LogP contribution in [0.3, 0.4) is 0 Å². The van der Waals surface area contributed by atoms with E-state index < -0.39 is 11.9 Å². The molecular weight excluding hydrogens is 248 g/mol. The lowest BCUT2D eigenvalue weighted by Gasteiger charge is -2.37. The Kier molecular flexibility index (Phi) is 4.42. The third-order valence-corrected chi connectivity index (χ3v) is 4.30. The van der Waals surface area contributed by atoms with Crippen LogP contribution in [0.5, 0.6) is 0 Å². The SMILES string of the molecule is CCN(C(=O)C(C)C1CNC1)C1COCC1C(=O)O. The number of hydrogen-bond acceptors (Lipinski definition) is 4. The Balaban J connectivity index is 2.05. The molecule has 0 spiro atoms. The molecule has 2 fully saturated rings. The number of nitrogens with zero attached hydrogens (tertiary/aromatic N) is 1. The first kappa shape index (κ1) is 14.3. The molecule has 6 heteroatoms. The van der Waals surface area contributed by atoms with E-state index in [0.717, 1.165) is 13.1 Å². The summed E-state index contributed by atoms with van der Waals surface area (Å²) in [7, 11) is 0. The third-order valence-electron chi connectivity index (χ3n) is 4.30. The van der Waals surface area contributed by atoms with Gasteiger partial charge in [-0.05, 0) is 25.9 Å². The fourth-order valence-electron chi connectivity index (χ4n) is 2.77. The molecule has 3 atom stereocenters. The second-order valence-corrected chi connectivity index (χ2v) is 5.38. The van der Waals surface area contributed by atoms with Crippen LogP contribution in [0.2, 0.25) is 0 Å². The van der Waals surface area contributed by atoms with E-state index in [0.29, 0.717) is 19.1 Å². The zero-order valence-electron chi connectivity index (χ0n) is 11.5. The summed E-state index contributed by atoms with van der Waals surface area (Å²) in [5.41, 5.74) is 0. The van der Waals surface area contributed by atoms with Crippen molar-refractivity contribution in [3.8, 4) is 0 Å². The van der Waals surface area contributed by atoms with Crippen molar-refractivity contribution in [2.45, 2.75) is 19.9 Å². The summed E-state index contributed by atoms with van der Waals surface area (Å²) in [6, 6.07) is -0.328. The second kappa shape index (κ2) is 5.88. The van der Waals surface area contributed by atoms with Crippen LogP contribution in [0.25, 0.3) is 0 Å². The molecule has 0 aromatic heterocycles. The largest absolute Gasteiger partial charge is 0.481 e. The number of aliphatic carboxylic acids is 1. The van der Waals surface area contributed by atoms with Crippen molar-refractivity contribution in [3.63, 3.8) is 0 Å². The van der Waals surface area contributed by atoms with Gasteiger partial charge in [0.25, 0.3) is 0 Å². The number of carboxylic acids is 1. The molecule has 0 aliphatic carbocycles. The van der Waals surface area contributed by atoms with E-state index >= 15 is 0 Å². The number of carboxylic acid groups (broad SMARTS) is 1. The van der Waals surface area contributed by atoms with Crippen LogP contribution in [0.15, 0.2) is 0 Å². The molecule has 0 saturated carbocycles. The fraction of sp³-hybridized carbons (Fsp3) is 0.846. The van der Waals surface area contributed by atoms with Crippen LogP contribution in [-0.4, -0.2) is 60.8 Å². The summed E-state index contributed by atoms with van der Waals surface area (Å²) in [6.45, 7) is 6.61. The van der Waals surface area contributed by atoms with E-state index in [4.69, 9.17) is 4.74 Å². The molecule has 2 aliphatic rings. The zero-order chi connectivity index (χ0) is 14.0. The molecule has 3 unspecified atom stereocenters. The smallest absolute Gasteiger partial charge is 0.311 e. The molecule has 0 radical (unpaired) electrons. The number of amides is 1. The van der Waals surface area contributed by atoms with Gasteiger partial charge in [-0.1, -0.05) is 6.92 Å². The number of likely N-dealkylation sites (N-methyl/N-ethyl adjacent to an activating group) is 1. The first-order valence-corrected chi connectivity index (χ1v) is 6.88. The monoisotopic (exact) mass is 270 g/mol. The highest BCUT2D eigenvalue weighted by Gasteiger charge is 2.41. The molecule has 0 bridgehead atoms. The molecule has 2 rings (SSSR count). The maximum Gasteiger partial charge on any atom is 0.311 e. The Bertz CT molecular complexity index is 357. The van der Waals surface area contributed by atoms with E-state index in [1.165, 1.54) is 0 Å². The molecule has 108 valence electrons. The lowest BCUT2D eigenvalue weighted by molar-refractivity contribution is -0.146. The van der Waals surface area contributed by atoms with Crippen molar-refractivity contribution < 1.29 is 19.4 Å². The normalized spacial score (nSPS) is 28.7. The van der Waals surface area contributed by atoms with E-state index in [2.05, 4.69) is 5.32 Å². The van der Waals surface area contributed by atoms with Crippen LogP contribution in [-0.2, 0) is 14.3 Å². The predicted octanol–water partition coefficient (Wildman–Crippen LogP) is -0.210. The van der Waals surface area contributed by atoms with Gasteiger partial charge >= 0.3 is 5.97 Å². The van der Waals surface area contributed by atoms with Crippen LogP contribution >= 0.6 is 0 Å². The van der Waals surface area contributed by atoms with Crippen LogP contribution < -0.4 is 5.32 Å². The molecule has 0 aromatic carbocycles. The Morgan fingerprint density at radius 3 is 2.58 bits per heavy atom. The lowest BCUT2D eigenvalue weighted by Crippen LogP contribution is -2.54. The predicted molar refractivity (Wildman–Crippen MR) is 68.6 cm³/mol. The number of rotatable bonds is 5. The summed E-state index contributed by atoms with van der Waals surface area (Å²) in [4.78, 5) is 25.4. The topological polar surface area (TPSA) is 78.9 Å². The highest BCUT2D eigenvalue weighted by Crippen LogP contribution is 2.25. The number of carbonyl (C=O) groups excluding carboxylic acids is 1. The number of ether oxygens (including phenoxy) is 1. The lowest BCUT2D eigenvalue weighted by atomic mass is 9.87. The van der Waals surface area contributed by atoms with Crippen LogP contribution in [0.1, 0.15) is 13.8 Å². The average Bonchev–Trinajstić information content (AvgIpc) is 2.76. The van der Waals surface area contributed by atoms with Gasteiger partial charge in [0.2, 0.25) is 5.91 Å². The van der Waals surface area contributed by atoms with Crippen molar-refractivity contribution in [1.82, 2.24) is 10.2 Å². The van der Waals surface area contributed by atoms with E-state index in [-0.39, 0.29) is 24.5 Å². The molecule has 2 saturated heterocycles. The first-order chi connectivity index (χ1) is 9.06. The first-order valence-electron chi connectivity index (χ1n) is 6.88. The molecule has 19 heavy (non-hydrogen) atoms. The van der Waals surface area contributed by atoms with Gasteiger partial charge in [-0.15, -0.1) is 0 Å². The Hall–Kier alpha value is -1.14. The Labute approximate surface area is 113 Å². The molecule has 2 heterocycles. The van der Waals surface area contributed by atoms with Crippen molar-refractivity contribution in [2.75, 3.05) is 32.8 Å². The molecule has 2 aliphatic heterocycles. The van der Waals surface area contributed by atoms with Gasteiger partial charge in [-0.2, -0.15) is 0 Å². The molecule has 2 N–H and O–H groups in total. The quantitative estimate of drug-likeness (QED) is 0.722. The van der Waals surface area contributed by atoms with Gasteiger partial charge in [-0.25, -0.2) is 0 Å². The minimum Gasteiger partial charge on any atom is -0.481 e. The second-order valence-electron chi connectivity index (χ2n) is 5.38. The highest BCUT2D eigenvalue weighted by atomic mass is 16.5. The number of carbonyl (C=O) groups is 2. The summed E-state index contributed by atoms with van der Waals surface area (Å²) in [5.74, 6) is -1.12. The van der Waals surface area contributed by atoms with Crippen molar-refractivity contribution >= 4 is 11.9 Å². The number of hydrogen-bond donors (Lipinski definition) is 2. The van der Waals surface area contributed by atoms with Crippen molar-refractivity contribution in [1.29, 1.82) is 0 Å². The van der Waals surface area contributed by atoms with Crippen LogP contribution in [0, 0.1) is 17.8 Å². The van der Waals surface area contributed by atoms with Gasteiger partial charge in [0.15, 0.2) is 0 Å². The summed E-state index contributed by atoms with van der Waals surface area (Å²) in [5, 5.41) is 12.3. The molecular formula is C13H22N2O4. The third kappa shape index (κ3) is 2.74. The minimum atomic E-state index is -0.883. The number of nitrogens with one attached hydrogen (secondary N) is 1. The standard InChI is InChI=1S/C13H22N2O4/c1-3-15(11-7-19-6-10(11)13(17)18)12(16)8(2)9-4-14-5-9/h8-11,14H,3-7H2,1-2H3,(H,17,18). The highest BCUT2D eigenvalue weighted by molar-refractivity contribution is 5.81. The average molecular weight is 270 g/mol. The summed E-state index contributed by atoms with van der Waals surface area (Å²) < 4.78 is 5.26. The van der Waals surface area contributed by atoms with E-state index in [9.17, 15) is 14.7 Å². The minimum absolute atomic E-state index is 0.0516. The Morgan fingerprint density at radius 1 is 1.42 bits per heavy atom. The summed E-state index contributed by atoms with van der Waals surface area (Å²) >= 11 is 0. The molecule has 1 amide bonds. The van der Waals surface area contributed by atoms with Crippen LogP contribution in [0.4, 0.5) is 0 Å². The van der Waals surface area contributed by atoms with Crippen molar-refractivity contribution in [2.24, 2.45) is 17.8 Å². The van der Waals surface area contributed by atoms with E-state index in [1.807, 2.05) is 13.8 Å². The molecule has 6 nitrogen and oxygen atoms in total. The zero-order valence-corrected chi connectivity index (χ0v) is 11.5. The maximum atomic E-state index is 12.5. The fourth-order valence-corrected chi connectivity index (χ4v) is 2.77. The molecule has 0 aromatic rings. The van der Waals surface area contributed by atoms with Gasteiger partial charge in [-0.3, -0.25) is 9.59 Å². The van der Waals surface area contributed by atoms with Gasteiger partial charge in [0.1, 0.15) is 5.92 Å². The van der Waals surface area contributed by atoms with Crippen molar-refractivity contribution in [3.05, 3.63) is 0 Å². The summed E-state index contributed by atoms with van der Waals surface area (Å²) in [6.07, 6.45) is 0. The van der Waals surface area contributed by atoms with E-state index in [1.54, 1.807) is 4.90 Å².